The summed E-state index contributed by atoms with van der Waals surface area (Å²) in [5, 5.41) is 0. The minimum atomic E-state index is -3.58. The molecule has 6 heteroatoms. The van der Waals surface area contributed by atoms with Crippen molar-refractivity contribution in [2.75, 3.05) is 0 Å². The van der Waals surface area contributed by atoms with Gasteiger partial charge < -0.3 is 0 Å². The number of hydrogen-bond donors (Lipinski definition) is 1. The van der Waals surface area contributed by atoms with Gasteiger partial charge in [-0.2, -0.15) is 0 Å². The van der Waals surface area contributed by atoms with Gasteiger partial charge in [-0.1, -0.05) is 36.4 Å². The zero-order chi connectivity index (χ0) is 19.6. The number of nitrogens with one attached hydrogen (secondary N) is 1. The molecule has 0 unspecified atom stereocenters. The van der Waals surface area contributed by atoms with E-state index in [1.54, 1.807) is 36.4 Å². The van der Waals surface area contributed by atoms with Crippen molar-refractivity contribution in [1.82, 2.24) is 4.72 Å². The molecule has 3 aromatic rings. The average Bonchev–Trinajstić information content (AvgIpc) is 3.21. The number of carbonyl (C=O) groups excluding carboxylic acids is 1. The van der Waals surface area contributed by atoms with Gasteiger partial charge in [-0.05, 0) is 61.1 Å². The van der Waals surface area contributed by atoms with E-state index in [0.717, 1.165) is 29.7 Å². The molecule has 1 heterocycles. The Balaban J connectivity index is 1.46. The van der Waals surface area contributed by atoms with Crippen LogP contribution in [0.3, 0.4) is 0 Å². The first-order chi connectivity index (χ1) is 13.5. The SMILES string of the molecule is O=C(c1ccccc1)c1ccc(CNS(=O)(=O)c2ccc3c(c2)CCCC3)s1. The van der Waals surface area contributed by atoms with Gasteiger partial charge >= 0.3 is 0 Å². The lowest BCUT2D eigenvalue weighted by molar-refractivity contribution is 0.104. The quantitative estimate of drug-likeness (QED) is 0.614. The number of thiophene rings is 1. The minimum Gasteiger partial charge on any atom is -0.288 e. The Labute approximate surface area is 169 Å². The summed E-state index contributed by atoms with van der Waals surface area (Å²) in [6.45, 7) is 0.173. The molecule has 0 radical (unpaired) electrons. The van der Waals surface area contributed by atoms with Gasteiger partial charge in [0.05, 0.1) is 9.77 Å². The third-order valence-corrected chi connectivity index (χ3v) is 7.47. The third-order valence-electron chi connectivity index (χ3n) is 4.99. The van der Waals surface area contributed by atoms with Crippen LogP contribution in [0.25, 0.3) is 0 Å². The Hall–Kier alpha value is -2.28. The van der Waals surface area contributed by atoms with E-state index in [1.807, 2.05) is 24.3 Å². The zero-order valence-electron chi connectivity index (χ0n) is 15.4. The second kappa shape index (κ2) is 7.99. The smallest absolute Gasteiger partial charge is 0.240 e. The van der Waals surface area contributed by atoms with E-state index in [2.05, 4.69) is 4.72 Å². The molecule has 144 valence electrons. The van der Waals surface area contributed by atoms with Crippen molar-refractivity contribution in [1.29, 1.82) is 0 Å². The standard InChI is InChI=1S/C22H21NO3S2/c24-22(17-7-2-1-3-8-17)21-13-11-19(27-21)15-23-28(25,26)20-12-10-16-6-4-5-9-18(16)14-20/h1-3,7-8,10-14,23H,4-6,9,15H2. The highest BCUT2D eigenvalue weighted by Gasteiger charge is 2.18. The first-order valence-electron chi connectivity index (χ1n) is 9.33. The zero-order valence-corrected chi connectivity index (χ0v) is 17.0. The molecule has 0 amide bonds. The maximum Gasteiger partial charge on any atom is 0.240 e. The van der Waals surface area contributed by atoms with Gasteiger partial charge in [0.15, 0.2) is 0 Å². The highest BCUT2D eigenvalue weighted by Crippen LogP contribution is 2.25. The molecule has 0 fully saturated rings. The van der Waals surface area contributed by atoms with E-state index in [1.165, 1.54) is 23.3 Å². The van der Waals surface area contributed by atoms with Crippen molar-refractivity contribution in [3.05, 3.63) is 87.1 Å². The molecule has 2 aromatic carbocycles. The van der Waals surface area contributed by atoms with Crippen LogP contribution in [0.4, 0.5) is 0 Å². The summed E-state index contributed by atoms with van der Waals surface area (Å²) < 4.78 is 28.0. The highest BCUT2D eigenvalue weighted by molar-refractivity contribution is 7.89. The topological polar surface area (TPSA) is 63.2 Å². The average molecular weight is 412 g/mol. The number of hydrogen-bond acceptors (Lipinski definition) is 4. The lowest BCUT2D eigenvalue weighted by Gasteiger charge is -2.16. The second-order valence-corrected chi connectivity index (χ2v) is 9.86. The van der Waals surface area contributed by atoms with Crippen LogP contribution < -0.4 is 4.72 Å². The Kier molecular flexibility index (Phi) is 5.44. The maximum absolute atomic E-state index is 12.7. The van der Waals surface area contributed by atoms with Gasteiger partial charge in [-0.15, -0.1) is 11.3 Å². The van der Waals surface area contributed by atoms with E-state index in [-0.39, 0.29) is 12.3 Å². The summed E-state index contributed by atoms with van der Waals surface area (Å²) in [6.07, 6.45) is 4.24. The van der Waals surface area contributed by atoms with Gasteiger partial charge in [-0.25, -0.2) is 13.1 Å². The molecule has 4 rings (SSSR count). The van der Waals surface area contributed by atoms with E-state index in [0.29, 0.717) is 15.3 Å². The monoisotopic (exact) mass is 411 g/mol. The van der Waals surface area contributed by atoms with Gasteiger partial charge in [0, 0.05) is 17.0 Å². The van der Waals surface area contributed by atoms with Gasteiger partial charge in [-0.3, -0.25) is 4.79 Å². The number of fused-ring (bicyclic) bond motifs is 1. The molecule has 1 aliphatic carbocycles. The van der Waals surface area contributed by atoms with Crippen LogP contribution in [0.1, 0.15) is 44.1 Å². The number of benzene rings is 2. The molecule has 0 aliphatic heterocycles. The Morgan fingerprint density at radius 2 is 1.68 bits per heavy atom. The van der Waals surface area contributed by atoms with Crippen molar-refractivity contribution in [3.8, 4) is 0 Å². The number of carbonyl (C=O) groups is 1. The number of aryl methyl sites for hydroxylation is 2. The van der Waals surface area contributed by atoms with Crippen molar-refractivity contribution < 1.29 is 13.2 Å². The number of ketones is 1. The largest absolute Gasteiger partial charge is 0.288 e. The van der Waals surface area contributed by atoms with Gasteiger partial charge in [0.2, 0.25) is 15.8 Å². The van der Waals surface area contributed by atoms with Crippen LogP contribution in [-0.2, 0) is 29.4 Å². The van der Waals surface area contributed by atoms with Crippen molar-refractivity contribution in [2.45, 2.75) is 37.1 Å². The van der Waals surface area contributed by atoms with Crippen LogP contribution in [0.5, 0.6) is 0 Å². The van der Waals surface area contributed by atoms with Crippen LogP contribution in [0.15, 0.2) is 65.6 Å². The molecule has 1 N–H and O–H groups in total. The molecular weight excluding hydrogens is 390 g/mol. The predicted octanol–water partition coefficient (Wildman–Crippen LogP) is 4.34. The van der Waals surface area contributed by atoms with Crippen LogP contribution in [0.2, 0.25) is 0 Å². The molecule has 0 atom stereocenters. The van der Waals surface area contributed by atoms with Crippen LogP contribution in [0, 0.1) is 0 Å². The van der Waals surface area contributed by atoms with Gasteiger partial charge in [0.1, 0.15) is 0 Å². The fourth-order valence-corrected chi connectivity index (χ4v) is 5.51. The molecule has 1 aromatic heterocycles. The van der Waals surface area contributed by atoms with E-state index >= 15 is 0 Å². The summed E-state index contributed by atoms with van der Waals surface area (Å²) in [5.41, 5.74) is 3.03. The summed E-state index contributed by atoms with van der Waals surface area (Å²) in [4.78, 5) is 14.2. The van der Waals surface area contributed by atoms with Crippen molar-refractivity contribution >= 4 is 27.1 Å². The molecule has 0 bridgehead atoms. The molecule has 0 saturated heterocycles. The molecule has 0 spiro atoms. The fraction of sp³-hybridized carbons (Fsp3) is 0.227. The highest BCUT2D eigenvalue weighted by atomic mass is 32.2. The van der Waals surface area contributed by atoms with E-state index in [4.69, 9.17) is 0 Å². The summed E-state index contributed by atoms with van der Waals surface area (Å²) >= 11 is 1.32. The normalized spacial score (nSPS) is 13.9. The van der Waals surface area contributed by atoms with E-state index in [9.17, 15) is 13.2 Å². The Morgan fingerprint density at radius 3 is 2.46 bits per heavy atom. The first kappa shape index (κ1) is 19.1. The third kappa shape index (κ3) is 4.09. The van der Waals surface area contributed by atoms with Crippen LogP contribution >= 0.6 is 11.3 Å². The lowest BCUT2D eigenvalue weighted by Crippen LogP contribution is -2.23. The summed E-state index contributed by atoms with van der Waals surface area (Å²) in [6, 6.07) is 18.1. The molecular formula is C22H21NO3S2. The minimum absolute atomic E-state index is 0.0469. The second-order valence-electron chi connectivity index (χ2n) is 6.92. The van der Waals surface area contributed by atoms with Crippen LogP contribution in [-0.4, -0.2) is 14.2 Å². The van der Waals surface area contributed by atoms with Gasteiger partial charge in [0.25, 0.3) is 0 Å². The van der Waals surface area contributed by atoms with E-state index < -0.39 is 10.0 Å². The van der Waals surface area contributed by atoms with Crippen molar-refractivity contribution in [3.63, 3.8) is 0 Å². The Bertz CT molecular complexity index is 1100. The fourth-order valence-electron chi connectivity index (χ4n) is 3.45. The molecule has 4 nitrogen and oxygen atoms in total. The number of rotatable bonds is 6. The number of sulfonamides is 1. The maximum atomic E-state index is 12.7. The lowest BCUT2D eigenvalue weighted by atomic mass is 9.92. The molecule has 0 saturated carbocycles. The van der Waals surface area contributed by atoms with Crippen molar-refractivity contribution in [2.24, 2.45) is 0 Å². The summed E-state index contributed by atoms with van der Waals surface area (Å²) in [7, 11) is -3.58. The predicted molar refractivity (Wildman–Crippen MR) is 111 cm³/mol. The summed E-state index contributed by atoms with van der Waals surface area (Å²) in [5.74, 6) is -0.0469. The Morgan fingerprint density at radius 1 is 0.929 bits per heavy atom. The first-order valence-corrected chi connectivity index (χ1v) is 11.6. The molecule has 28 heavy (non-hydrogen) atoms. The molecule has 1 aliphatic rings.